The molecule has 23 heavy (non-hydrogen) atoms. The van der Waals surface area contributed by atoms with Crippen LogP contribution in [0.15, 0.2) is 42.0 Å². The van der Waals surface area contributed by atoms with Crippen LogP contribution in [0, 0.1) is 6.92 Å². The van der Waals surface area contributed by atoms with Gasteiger partial charge in [0.25, 0.3) is 5.91 Å². The summed E-state index contributed by atoms with van der Waals surface area (Å²) in [5.74, 6) is 0.631. The number of thiazole rings is 1. The Morgan fingerprint density at radius 1 is 1.17 bits per heavy atom. The van der Waals surface area contributed by atoms with Crippen LogP contribution in [0.1, 0.15) is 15.9 Å². The van der Waals surface area contributed by atoms with Gasteiger partial charge in [0.15, 0.2) is 5.13 Å². The van der Waals surface area contributed by atoms with Crippen molar-refractivity contribution in [3.05, 3.63) is 53.2 Å². The molecule has 3 aromatic rings. The Morgan fingerprint density at radius 3 is 2.74 bits per heavy atom. The summed E-state index contributed by atoms with van der Waals surface area (Å²) >= 11 is 1.48. The molecule has 1 amide bonds. The molecule has 3 heterocycles. The van der Waals surface area contributed by atoms with Crippen LogP contribution in [-0.4, -0.2) is 27.9 Å². The van der Waals surface area contributed by atoms with Crippen LogP contribution in [0.25, 0.3) is 11.4 Å². The van der Waals surface area contributed by atoms with E-state index in [2.05, 4.69) is 25.6 Å². The van der Waals surface area contributed by atoms with E-state index < -0.39 is 0 Å². The Kier molecular flexibility index (Phi) is 4.29. The van der Waals surface area contributed by atoms with Gasteiger partial charge in [-0.3, -0.25) is 9.78 Å². The van der Waals surface area contributed by atoms with E-state index in [9.17, 15) is 4.79 Å². The predicted octanol–water partition coefficient (Wildman–Crippen LogP) is 3.01. The quantitative estimate of drug-likeness (QED) is 0.771. The number of carbonyl (C=O) groups excluding carboxylic acids is 1. The van der Waals surface area contributed by atoms with E-state index in [1.165, 1.54) is 11.3 Å². The zero-order valence-corrected chi connectivity index (χ0v) is 13.5. The first kappa shape index (κ1) is 15.1. The molecule has 116 valence electrons. The second-order valence-electron chi connectivity index (χ2n) is 4.84. The average molecular weight is 325 g/mol. The van der Waals surface area contributed by atoms with Gasteiger partial charge in [-0.05, 0) is 30.7 Å². The highest BCUT2D eigenvalue weighted by atomic mass is 32.1. The molecule has 0 bridgehead atoms. The number of anilines is 2. The number of hydrogen-bond donors (Lipinski definition) is 2. The van der Waals surface area contributed by atoms with Crippen molar-refractivity contribution in [3.63, 3.8) is 0 Å². The molecule has 3 aromatic heterocycles. The molecule has 0 aromatic carbocycles. The van der Waals surface area contributed by atoms with Crippen LogP contribution >= 0.6 is 11.3 Å². The molecule has 0 atom stereocenters. The fourth-order valence-corrected chi connectivity index (χ4v) is 2.69. The fourth-order valence-electron chi connectivity index (χ4n) is 1.99. The third-order valence-electron chi connectivity index (χ3n) is 3.25. The summed E-state index contributed by atoms with van der Waals surface area (Å²) in [6.45, 7) is 1.99. The first-order valence-electron chi connectivity index (χ1n) is 7.00. The van der Waals surface area contributed by atoms with Gasteiger partial charge >= 0.3 is 0 Å². The fraction of sp³-hybridized carbons (Fsp3) is 0.125. The number of amides is 1. The number of aryl methyl sites for hydroxylation is 1. The highest BCUT2D eigenvalue weighted by Crippen LogP contribution is 2.26. The molecule has 0 aliphatic rings. The van der Waals surface area contributed by atoms with Crippen molar-refractivity contribution < 1.29 is 4.79 Å². The molecule has 0 spiro atoms. The van der Waals surface area contributed by atoms with E-state index in [0.717, 1.165) is 27.9 Å². The first-order valence-corrected chi connectivity index (χ1v) is 7.88. The second-order valence-corrected chi connectivity index (χ2v) is 5.70. The smallest absolute Gasteiger partial charge is 0.252 e. The van der Waals surface area contributed by atoms with Crippen molar-refractivity contribution in [2.45, 2.75) is 6.92 Å². The van der Waals surface area contributed by atoms with Crippen molar-refractivity contribution in [2.24, 2.45) is 0 Å². The van der Waals surface area contributed by atoms with Gasteiger partial charge in [0.2, 0.25) is 0 Å². The Bertz CT molecular complexity index is 828. The topological polar surface area (TPSA) is 79.8 Å². The van der Waals surface area contributed by atoms with Gasteiger partial charge in [-0.25, -0.2) is 9.97 Å². The maximum absolute atomic E-state index is 11.5. The van der Waals surface area contributed by atoms with Crippen molar-refractivity contribution >= 4 is 28.2 Å². The second kappa shape index (κ2) is 6.53. The van der Waals surface area contributed by atoms with Crippen molar-refractivity contribution in [1.29, 1.82) is 0 Å². The van der Waals surface area contributed by atoms with Crippen LogP contribution < -0.4 is 10.6 Å². The molecule has 0 saturated carbocycles. The Morgan fingerprint density at radius 2 is 2.04 bits per heavy atom. The van der Waals surface area contributed by atoms with Crippen LogP contribution in [0.2, 0.25) is 0 Å². The van der Waals surface area contributed by atoms with E-state index in [1.807, 2.05) is 24.4 Å². The van der Waals surface area contributed by atoms with E-state index in [-0.39, 0.29) is 5.91 Å². The van der Waals surface area contributed by atoms with E-state index in [4.69, 9.17) is 0 Å². The number of aromatic nitrogens is 3. The molecule has 2 N–H and O–H groups in total. The van der Waals surface area contributed by atoms with Crippen molar-refractivity contribution in [2.75, 3.05) is 12.4 Å². The number of nitrogens with zero attached hydrogens (tertiary/aromatic N) is 3. The number of carbonyl (C=O) groups is 1. The molecule has 0 radical (unpaired) electrons. The highest BCUT2D eigenvalue weighted by molar-refractivity contribution is 7.14. The zero-order valence-electron chi connectivity index (χ0n) is 12.7. The maximum Gasteiger partial charge on any atom is 0.252 e. The SMILES string of the molecule is CNC(=O)c1ccc(-c2csc(Nc3ncccc3C)n2)nc1. The lowest BCUT2D eigenvalue weighted by atomic mass is 10.2. The monoisotopic (exact) mass is 325 g/mol. The summed E-state index contributed by atoms with van der Waals surface area (Å²) in [7, 11) is 1.59. The molecule has 7 heteroatoms. The molecule has 0 aliphatic carbocycles. The minimum Gasteiger partial charge on any atom is -0.355 e. The predicted molar refractivity (Wildman–Crippen MR) is 91.0 cm³/mol. The lowest BCUT2D eigenvalue weighted by Gasteiger charge is -2.04. The van der Waals surface area contributed by atoms with Gasteiger partial charge in [-0.15, -0.1) is 11.3 Å². The van der Waals surface area contributed by atoms with Gasteiger partial charge < -0.3 is 10.6 Å². The first-order chi connectivity index (χ1) is 11.2. The Labute approximate surface area is 137 Å². The lowest BCUT2D eigenvalue weighted by molar-refractivity contribution is 0.0963. The Hall–Kier alpha value is -2.80. The maximum atomic E-state index is 11.5. The van der Waals surface area contributed by atoms with Crippen molar-refractivity contribution in [3.8, 4) is 11.4 Å². The number of hydrogen-bond acceptors (Lipinski definition) is 6. The third-order valence-corrected chi connectivity index (χ3v) is 4.01. The van der Waals surface area contributed by atoms with Crippen LogP contribution in [-0.2, 0) is 0 Å². The van der Waals surface area contributed by atoms with Crippen LogP contribution in [0.3, 0.4) is 0 Å². The minimum absolute atomic E-state index is 0.157. The summed E-state index contributed by atoms with van der Waals surface area (Å²) in [4.78, 5) is 24.6. The molecule has 0 saturated heterocycles. The largest absolute Gasteiger partial charge is 0.355 e. The summed E-state index contributed by atoms with van der Waals surface area (Å²) in [5, 5.41) is 8.44. The number of nitrogens with one attached hydrogen (secondary N) is 2. The van der Waals surface area contributed by atoms with Gasteiger partial charge in [-0.2, -0.15) is 0 Å². The summed E-state index contributed by atoms with van der Waals surface area (Å²) in [5.41, 5.74) is 3.06. The van der Waals surface area contributed by atoms with Crippen molar-refractivity contribution in [1.82, 2.24) is 20.3 Å². The van der Waals surface area contributed by atoms with E-state index in [1.54, 1.807) is 31.6 Å². The Balaban J connectivity index is 1.79. The van der Waals surface area contributed by atoms with Gasteiger partial charge in [-0.1, -0.05) is 6.07 Å². The zero-order chi connectivity index (χ0) is 16.2. The third kappa shape index (κ3) is 3.35. The molecule has 0 unspecified atom stereocenters. The molecule has 3 rings (SSSR count). The summed E-state index contributed by atoms with van der Waals surface area (Å²) < 4.78 is 0. The van der Waals surface area contributed by atoms with E-state index in [0.29, 0.717) is 5.56 Å². The van der Waals surface area contributed by atoms with E-state index >= 15 is 0 Å². The van der Waals surface area contributed by atoms with Crippen LogP contribution in [0.5, 0.6) is 0 Å². The van der Waals surface area contributed by atoms with Gasteiger partial charge in [0, 0.05) is 24.8 Å². The summed E-state index contributed by atoms with van der Waals surface area (Å²) in [6, 6.07) is 7.40. The van der Waals surface area contributed by atoms with Crippen LogP contribution in [0.4, 0.5) is 10.9 Å². The highest BCUT2D eigenvalue weighted by Gasteiger charge is 2.09. The number of pyridine rings is 2. The molecular weight excluding hydrogens is 310 g/mol. The summed E-state index contributed by atoms with van der Waals surface area (Å²) in [6.07, 6.45) is 3.28. The molecule has 6 nitrogen and oxygen atoms in total. The van der Waals surface area contributed by atoms with Gasteiger partial charge in [0.1, 0.15) is 11.5 Å². The average Bonchev–Trinajstić information content (AvgIpc) is 3.05. The lowest BCUT2D eigenvalue weighted by Crippen LogP contribution is -2.17. The standard InChI is InChI=1S/C16H15N5OS/c1-10-4-3-7-18-14(10)21-16-20-13(9-23-16)12-6-5-11(8-19-12)15(22)17-2/h3-9H,1-2H3,(H,17,22)(H,18,20,21). The molecular formula is C16H15N5OS. The normalized spacial score (nSPS) is 10.3. The molecule has 0 fully saturated rings. The minimum atomic E-state index is -0.157. The number of rotatable bonds is 4. The molecule has 0 aliphatic heterocycles. The van der Waals surface area contributed by atoms with Gasteiger partial charge in [0.05, 0.1) is 11.3 Å².